The molecule has 1 aliphatic rings. The Labute approximate surface area is 174 Å². The molecule has 6 nitrogen and oxygen atoms in total. The van der Waals surface area contributed by atoms with Crippen molar-refractivity contribution in [2.75, 3.05) is 24.7 Å². The number of hydrogen-bond donors (Lipinski definition) is 3. The van der Waals surface area contributed by atoms with Gasteiger partial charge in [-0.05, 0) is 56.4 Å². The summed E-state index contributed by atoms with van der Waals surface area (Å²) in [5.41, 5.74) is -0.196. The van der Waals surface area contributed by atoms with Crippen LogP contribution >= 0.6 is 23.5 Å². The second-order valence-corrected chi connectivity index (χ2v) is 9.87. The number of nitrogens with zero attached hydrogens (tertiary/aromatic N) is 1. The quantitative estimate of drug-likeness (QED) is 0.362. The number of rotatable bonds is 6. The number of halogens is 1. The molecule has 1 fully saturated rings. The lowest BCUT2D eigenvalue weighted by Crippen LogP contribution is -2.44. The van der Waals surface area contributed by atoms with Crippen LogP contribution in [0.15, 0.2) is 26.6 Å². The molecule has 3 rings (SSSR count). The van der Waals surface area contributed by atoms with E-state index in [4.69, 9.17) is 11.6 Å². The minimum absolute atomic E-state index is 0.0488. The summed E-state index contributed by atoms with van der Waals surface area (Å²) in [7, 11) is 3.68. The molecule has 1 saturated carbocycles. The van der Waals surface area contributed by atoms with Crippen LogP contribution in [-0.4, -0.2) is 29.5 Å². The van der Waals surface area contributed by atoms with Crippen molar-refractivity contribution in [3.05, 3.63) is 37.6 Å². The fraction of sp³-hybridized carbons (Fsp3) is 0.500. The first-order valence-corrected chi connectivity index (χ1v) is 10.5. The van der Waals surface area contributed by atoms with Gasteiger partial charge in [0.05, 0.1) is 15.6 Å². The third kappa shape index (κ3) is 4.02. The minimum Gasteiger partial charge on any atom is -0.505 e. The van der Waals surface area contributed by atoms with Gasteiger partial charge in [-0.2, -0.15) is 0 Å². The Hall–Kier alpha value is -1.70. The van der Waals surface area contributed by atoms with E-state index in [-0.39, 0.29) is 22.9 Å². The van der Waals surface area contributed by atoms with Crippen LogP contribution in [0.2, 0.25) is 5.02 Å². The van der Waals surface area contributed by atoms with Crippen molar-refractivity contribution in [2.24, 2.45) is 5.41 Å². The predicted molar refractivity (Wildman–Crippen MR) is 117 cm³/mol. The molecule has 0 spiro atoms. The third-order valence-electron chi connectivity index (χ3n) is 5.35. The average molecular weight is 424 g/mol. The molecule has 1 atom stereocenters. The molecule has 0 heterocycles. The molecule has 3 N–H and O–H groups in total. The van der Waals surface area contributed by atoms with E-state index in [1.807, 2.05) is 14.1 Å². The number of aromatic hydroxyl groups is 1. The Morgan fingerprint density at radius 2 is 1.86 bits per heavy atom. The van der Waals surface area contributed by atoms with Gasteiger partial charge in [0, 0.05) is 6.04 Å². The first kappa shape index (κ1) is 21.0. The molecule has 0 aliphatic heterocycles. The minimum atomic E-state index is -0.577. The van der Waals surface area contributed by atoms with Gasteiger partial charge in [-0.3, -0.25) is 13.9 Å². The van der Waals surface area contributed by atoms with Crippen molar-refractivity contribution >= 4 is 40.6 Å². The van der Waals surface area contributed by atoms with E-state index in [1.54, 1.807) is 16.4 Å². The summed E-state index contributed by atoms with van der Waals surface area (Å²) < 4.78 is 1.81. The van der Waals surface area contributed by atoms with Gasteiger partial charge in [0.2, 0.25) is 0 Å². The summed E-state index contributed by atoms with van der Waals surface area (Å²) in [5, 5.41) is 17.2. The largest absolute Gasteiger partial charge is 0.505 e. The molecule has 0 aromatic heterocycles. The zero-order valence-corrected chi connectivity index (χ0v) is 18.1. The van der Waals surface area contributed by atoms with Gasteiger partial charge in [-0.25, -0.2) is 0 Å². The molecule has 28 heavy (non-hydrogen) atoms. The average Bonchev–Trinajstić information content (AvgIpc) is 2.63. The molecule has 1 aliphatic carbocycles. The summed E-state index contributed by atoms with van der Waals surface area (Å²) in [6.07, 6.45) is 4.31. The Kier molecular flexibility index (Phi) is 5.98. The monoisotopic (exact) mass is 423 g/mol. The standard InChI is InChI=1S/C20H26ClN3O3S/c1-20(2)10-6-5-7-13(20)23-15-14(17(26)18(15)27)22-12-9-8-11(21)19(16(12)25)28-24(3)4/h8-9,13,22-23,25H,5-7,10H2,1-4H3. The molecule has 0 saturated heterocycles. The van der Waals surface area contributed by atoms with Gasteiger partial charge in [0.1, 0.15) is 11.4 Å². The fourth-order valence-corrected chi connectivity index (χ4v) is 4.61. The summed E-state index contributed by atoms with van der Waals surface area (Å²) in [5.74, 6) is -0.0526. The summed E-state index contributed by atoms with van der Waals surface area (Å²) >= 11 is 7.47. The lowest BCUT2D eigenvalue weighted by molar-refractivity contribution is 0.217. The number of phenols is 1. The molecule has 8 heteroatoms. The number of nitrogens with one attached hydrogen (secondary N) is 2. The van der Waals surface area contributed by atoms with Gasteiger partial charge < -0.3 is 15.7 Å². The van der Waals surface area contributed by atoms with Crippen LogP contribution in [-0.2, 0) is 0 Å². The van der Waals surface area contributed by atoms with E-state index >= 15 is 0 Å². The van der Waals surface area contributed by atoms with Crippen LogP contribution in [0.5, 0.6) is 5.75 Å². The SMILES string of the molecule is CN(C)Sc1c(Cl)ccc(Nc2c(NC3CCCCC3(C)C)c(=O)c2=O)c1O. The highest BCUT2D eigenvalue weighted by molar-refractivity contribution is 7.97. The Morgan fingerprint density at radius 3 is 2.50 bits per heavy atom. The van der Waals surface area contributed by atoms with Gasteiger partial charge in [-0.1, -0.05) is 38.3 Å². The molecule has 2 aromatic carbocycles. The lowest BCUT2D eigenvalue weighted by atomic mass is 9.73. The molecular weight excluding hydrogens is 398 g/mol. The Balaban J connectivity index is 1.88. The van der Waals surface area contributed by atoms with Crippen molar-refractivity contribution < 1.29 is 5.11 Å². The number of hydrogen-bond acceptors (Lipinski definition) is 7. The topological polar surface area (TPSA) is 81.7 Å². The highest BCUT2D eigenvalue weighted by Gasteiger charge is 2.34. The number of anilines is 3. The molecule has 2 aromatic rings. The van der Waals surface area contributed by atoms with E-state index in [1.165, 1.54) is 18.4 Å². The van der Waals surface area contributed by atoms with Gasteiger partial charge in [0.25, 0.3) is 10.9 Å². The zero-order valence-electron chi connectivity index (χ0n) is 16.6. The number of phenolic OH excluding ortho intramolecular Hbond substituents is 1. The molecule has 0 radical (unpaired) electrons. The fourth-order valence-electron chi connectivity index (χ4n) is 3.64. The molecule has 0 amide bonds. The van der Waals surface area contributed by atoms with Crippen molar-refractivity contribution in [1.29, 1.82) is 0 Å². The van der Waals surface area contributed by atoms with E-state index in [0.29, 0.717) is 21.3 Å². The predicted octanol–water partition coefficient (Wildman–Crippen LogP) is 4.33. The number of benzene rings is 1. The van der Waals surface area contributed by atoms with Crippen LogP contribution in [0.4, 0.5) is 17.1 Å². The first-order valence-electron chi connectivity index (χ1n) is 9.35. The second-order valence-electron chi connectivity index (χ2n) is 8.14. The van der Waals surface area contributed by atoms with E-state index in [9.17, 15) is 14.7 Å². The van der Waals surface area contributed by atoms with Crippen LogP contribution in [0.1, 0.15) is 39.5 Å². The van der Waals surface area contributed by atoms with Crippen molar-refractivity contribution in [3.63, 3.8) is 0 Å². The molecule has 0 bridgehead atoms. The molecular formula is C20H26ClN3O3S. The second kappa shape index (κ2) is 7.97. The zero-order chi connectivity index (χ0) is 20.6. The van der Waals surface area contributed by atoms with Gasteiger partial charge >= 0.3 is 0 Å². The maximum Gasteiger partial charge on any atom is 0.253 e. The van der Waals surface area contributed by atoms with Crippen molar-refractivity contribution in [1.82, 2.24) is 4.31 Å². The van der Waals surface area contributed by atoms with Crippen LogP contribution in [0.25, 0.3) is 0 Å². The smallest absolute Gasteiger partial charge is 0.253 e. The van der Waals surface area contributed by atoms with Crippen molar-refractivity contribution in [2.45, 2.75) is 50.5 Å². The van der Waals surface area contributed by atoms with Crippen LogP contribution in [0.3, 0.4) is 0 Å². The van der Waals surface area contributed by atoms with E-state index < -0.39 is 10.9 Å². The third-order valence-corrected chi connectivity index (χ3v) is 6.74. The van der Waals surface area contributed by atoms with Crippen LogP contribution in [0, 0.1) is 5.41 Å². The maximum absolute atomic E-state index is 12.2. The first-order chi connectivity index (χ1) is 13.1. The lowest BCUT2D eigenvalue weighted by Gasteiger charge is -2.40. The summed E-state index contributed by atoms with van der Waals surface area (Å²) in [6, 6.07) is 3.38. The normalized spacial score (nSPS) is 19.1. The van der Waals surface area contributed by atoms with Crippen molar-refractivity contribution in [3.8, 4) is 5.75 Å². The van der Waals surface area contributed by atoms with E-state index in [0.717, 1.165) is 19.3 Å². The van der Waals surface area contributed by atoms with E-state index in [2.05, 4.69) is 24.5 Å². The van der Waals surface area contributed by atoms with Crippen LogP contribution < -0.4 is 21.5 Å². The summed E-state index contributed by atoms with van der Waals surface area (Å²) in [4.78, 5) is 24.9. The Morgan fingerprint density at radius 1 is 1.18 bits per heavy atom. The highest BCUT2D eigenvalue weighted by Crippen LogP contribution is 2.43. The van der Waals surface area contributed by atoms with Gasteiger partial charge in [0.15, 0.2) is 5.75 Å². The molecule has 1 unspecified atom stereocenters. The Bertz CT molecular complexity index is 951. The highest BCUT2D eigenvalue weighted by atomic mass is 35.5. The van der Waals surface area contributed by atoms with Gasteiger partial charge in [-0.15, -0.1) is 0 Å². The molecule has 152 valence electrons. The summed E-state index contributed by atoms with van der Waals surface area (Å²) in [6.45, 7) is 4.36. The maximum atomic E-state index is 12.2.